The van der Waals surface area contributed by atoms with Crippen LogP contribution in [0.2, 0.25) is 0 Å². The Bertz CT molecular complexity index is 483. The van der Waals surface area contributed by atoms with Crippen LogP contribution in [0, 0.1) is 5.41 Å². The van der Waals surface area contributed by atoms with Crippen molar-refractivity contribution in [1.29, 1.82) is 0 Å². The van der Waals surface area contributed by atoms with Crippen molar-refractivity contribution in [3.63, 3.8) is 0 Å². The maximum Gasteiger partial charge on any atom is 0.233 e. The zero-order valence-electron chi connectivity index (χ0n) is 10.3. The van der Waals surface area contributed by atoms with Crippen molar-refractivity contribution in [3.8, 4) is 0 Å². The van der Waals surface area contributed by atoms with Crippen LogP contribution in [0.4, 0.5) is 0 Å². The second-order valence-electron chi connectivity index (χ2n) is 4.97. The van der Waals surface area contributed by atoms with E-state index in [0.29, 0.717) is 13.2 Å². The molecule has 1 aromatic rings. The molecule has 0 atom stereocenters. The van der Waals surface area contributed by atoms with Gasteiger partial charge in [-0.25, -0.2) is 8.42 Å². The number of halogens is 2. The molecule has 0 amide bonds. The normalized spacial score (nSPS) is 12.7. The van der Waals surface area contributed by atoms with Gasteiger partial charge >= 0.3 is 0 Å². The van der Waals surface area contributed by atoms with Crippen molar-refractivity contribution in [3.05, 3.63) is 34.3 Å². The van der Waals surface area contributed by atoms with E-state index in [2.05, 4.69) is 15.9 Å². The fourth-order valence-corrected chi connectivity index (χ4v) is 3.70. The van der Waals surface area contributed by atoms with Gasteiger partial charge in [0.05, 0.1) is 19.0 Å². The molecule has 0 unspecified atom stereocenters. The first-order valence-corrected chi connectivity index (χ1v) is 8.70. The Morgan fingerprint density at radius 2 is 1.83 bits per heavy atom. The van der Waals surface area contributed by atoms with Gasteiger partial charge in [0.15, 0.2) is 0 Å². The van der Waals surface area contributed by atoms with Crippen molar-refractivity contribution >= 4 is 35.7 Å². The molecular weight excluding hydrogens is 340 g/mol. The Morgan fingerprint density at radius 1 is 1.28 bits per heavy atom. The highest BCUT2D eigenvalue weighted by molar-refractivity contribution is 9.10. The van der Waals surface area contributed by atoms with Gasteiger partial charge in [0.2, 0.25) is 9.05 Å². The van der Waals surface area contributed by atoms with Crippen molar-refractivity contribution in [2.75, 3.05) is 12.4 Å². The molecule has 18 heavy (non-hydrogen) atoms. The largest absolute Gasteiger partial charge is 0.376 e. The molecule has 0 aliphatic carbocycles. The summed E-state index contributed by atoms with van der Waals surface area (Å²) < 4.78 is 28.6. The second kappa shape index (κ2) is 6.37. The van der Waals surface area contributed by atoms with E-state index in [1.807, 2.05) is 38.1 Å². The molecule has 0 aliphatic heterocycles. The molecule has 0 saturated carbocycles. The molecule has 0 N–H and O–H groups in total. The van der Waals surface area contributed by atoms with Crippen LogP contribution in [-0.2, 0) is 20.4 Å². The fourth-order valence-electron chi connectivity index (χ4n) is 1.53. The molecule has 0 fully saturated rings. The topological polar surface area (TPSA) is 43.4 Å². The fraction of sp³-hybridized carbons (Fsp3) is 0.500. The predicted molar refractivity (Wildman–Crippen MR) is 77.2 cm³/mol. The summed E-state index contributed by atoms with van der Waals surface area (Å²) in [4.78, 5) is 0. The molecule has 1 rings (SSSR count). The minimum Gasteiger partial charge on any atom is -0.376 e. The van der Waals surface area contributed by atoms with Crippen LogP contribution < -0.4 is 0 Å². The molecule has 0 aliphatic rings. The van der Waals surface area contributed by atoms with E-state index in [-0.39, 0.29) is 5.75 Å². The molecule has 3 nitrogen and oxygen atoms in total. The lowest BCUT2D eigenvalue weighted by atomic mass is 9.98. The Morgan fingerprint density at radius 3 is 2.33 bits per heavy atom. The molecule has 6 heteroatoms. The maximum atomic E-state index is 11.0. The number of benzene rings is 1. The number of hydrogen-bond donors (Lipinski definition) is 0. The highest BCUT2D eigenvalue weighted by atomic mass is 79.9. The molecule has 0 bridgehead atoms. The van der Waals surface area contributed by atoms with Crippen molar-refractivity contribution in [2.24, 2.45) is 5.41 Å². The number of ether oxygens (including phenoxy) is 1. The van der Waals surface area contributed by atoms with Gasteiger partial charge in [-0.1, -0.05) is 41.9 Å². The van der Waals surface area contributed by atoms with E-state index >= 15 is 0 Å². The van der Waals surface area contributed by atoms with Gasteiger partial charge < -0.3 is 4.74 Å². The summed E-state index contributed by atoms with van der Waals surface area (Å²) in [5, 5.41) is 0. The van der Waals surface area contributed by atoms with Crippen LogP contribution in [-0.4, -0.2) is 20.8 Å². The lowest BCUT2D eigenvalue weighted by Gasteiger charge is -2.22. The second-order valence-corrected chi connectivity index (χ2v) is 8.66. The first-order valence-electron chi connectivity index (χ1n) is 5.42. The van der Waals surface area contributed by atoms with Gasteiger partial charge in [-0.05, 0) is 17.7 Å². The smallest absolute Gasteiger partial charge is 0.233 e. The summed E-state index contributed by atoms with van der Waals surface area (Å²) in [7, 11) is 1.75. The zero-order valence-corrected chi connectivity index (χ0v) is 13.5. The van der Waals surface area contributed by atoms with E-state index in [9.17, 15) is 8.42 Å². The van der Waals surface area contributed by atoms with Crippen LogP contribution in [0.5, 0.6) is 0 Å². The SMILES string of the molecule is CC(C)(COCc1ccc(Br)cc1)CS(=O)(=O)Cl. The quantitative estimate of drug-likeness (QED) is 0.733. The summed E-state index contributed by atoms with van der Waals surface area (Å²) >= 11 is 3.36. The molecule has 0 aromatic heterocycles. The molecule has 0 heterocycles. The average molecular weight is 356 g/mol. The molecule has 0 saturated heterocycles. The molecule has 102 valence electrons. The summed E-state index contributed by atoms with van der Waals surface area (Å²) in [6.45, 7) is 4.43. The monoisotopic (exact) mass is 354 g/mol. The van der Waals surface area contributed by atoms with Crippen LogP contribution in [0.3, 0.4) is 0 Å². The molecule has 0 radical (unpaired) electrons. The summed E-state index contributed by atoms with van der Waals surface area (Å²) in [6.07, 6.45) is 0. The van der Waals surface area contributed by atoms with Crippen LogP contribution in [0.15, 0.2) is 28.7 Å². The van der Waals surface area contributed by atoms with Gasteiger partial charge in [-0.3, -0.25) is 0 Å². The standard InChI is InChI=1S/C12H16BrClO3S/c1-12(2,9-18(14,15)16)8-17-7-10-3-5-11(13)6-4-10/h3-6H,7-9H2,1-2H3. The first-order chi connectivity index (χ1) is 8.18. The Hall–Kier alpha value is -0.100. The van der Waals surface area contributed by atoms with E-state index in [1.54, 1.807) is 0 Å². The van der Waals surface area contributed by atoms with Crippen molar-refractivity contribution in [1.82, 2.24) is 0 Å². The third-order valence-corrected chi connectivity index (χ3v) is 4.22. The minimum absolute atomic E-state index is 0.0953. The van der Waals surface area contributed by atoms with E-state index < -0.39 is 14.5 Å². The van der Waals surface area contributed by atoms with Gasteiger partial charge in [0, 0.05) is 20.6 Å². The number of rotatable bonds is 6. The lowest BCUT2D eigenvalue weighted by Crippen LogP contribution is -2.26. The summed E-state index contributed by atoms with van der Waals surface area (Å²) in [6, 6.07) is 7.78. The number of hydrogen-bond acceptors (Lipinski definition) is 3. The Kier molecular flexibility index (Phi) is 5.65. The third-order valence-electron chi connectivity index (χ3n) is 2.24. The van der Waals surface area contributed by atoms with E-state index in [0.717, 1.165) is 10.0 Å². The van der Waals surface area contributed by atoms with Crippen molar-refractivity contribution < 1.29 is 13.2 Å². The van der Waals surface area contributed by atoms with E-state index in [1.165, 1.54) is 0 Å². The Balaban J connectivity index is 2.43. The predicted octanol–water partition coefficient (Wildman–Crippen LogP) is 3.56. The Labute approximate surface area is 121 Å². The summed E-state index contributed by atoms with van der Waals surface area (Å²) in [5.74, 6) is -0.0953. The zero-order chi connectivity index (χ0) is 13.8. The van der Waals surface area contributed by atoms with Crippen molar-refractivity contribution in [2.45, 2.75) is 20.5 Å². The third kappa shape index (κ3) is 6.73. The molecule has 1 aromatic carbocycles. The summed E-state index contributed by atoms with van der Waals surface area (Å²) in [5.41, 5.74) is 0.554. The lowest BCUT2D eigenvalue weighted by molar-refractivity contribution is 0.0614. The highest BCUT2D eigenvalue weighted by Gasteiger charge is 2.25. The van der Waals surface area contributed by atoms with E-state index in [4.69, 9.17) is 15.4 Å². The highest BCUT2D eigenvalue weighted by Crippen LogP contribution is 2.21. The molecule has 0 spiro atoms. The van der Waals surface area contributed by atoms with Crippen LogP contribution in [0.25, 0.3) is 0 Å². The minimum atomic E-state index is -3.50. The average Bonchev–Trinajstić information content (AvgIpc) is 2.17. The van der Waals surface area contributed by atoms with Gasteiger partial charge in [-0.2, -0.15) is 0 Å². The van der Waals surface area contributed by atoms with Gasteiger partial charge in [0.1, 0.15) is 0 Å². The van der Waals surface area contributed by atoms with Crippen LogP contribution in [0.1, 0.15) is 19.4 Å². The molecular formula is C12H16BrClO3S. The van der Waals surface area contributed by atoms with Crippen LogP contribution >= 0.6 is 26.6 Å². The maximum absolute atomic E-state index is 11.0. The van der Waals surface area contributed by atoms with Gasteiger partial charge in [-0.15, -0.1) is 0 Å². The van der Waals surface area contributed by atoms with Gasteiger partial charge in [0.25, 0.3) is 0 Å². The first kappa shape index (κ1) is 16.0.